The first-order valence-corrected chi connectivity index (χ1v) is 7.87. The van der Waals surface area contributed by atoms with Crippen molar-refractivity contribution in [2.45, 2.75) is 19.8 Å². The SMILES string of the molecule is Cc1cc(Br)ccc1NC(=O)CNC(=O)CNCC1CC1.Cl. The molecule has 0 aliphatic heterocycles. The van der Waals surface area contributed by atoms with Crippen molar-refractivity contribution in [3.8, 4) is 0 Å². The second kappa shape index (κ2) is 9.12. The molecule has 0 heterocycles. The molecule has 2 amide bonds. The standard InChI is InChI=1S/C15H20BrN3O2.ClH/c1-10-6-12(16)4-5-13(10)19-15(21)9-18-14(20)8-17-7-11-2-3-11;/h4-6,11,17H,2-3,7-9H2,1H3,(H,18,20)(H,19,21);1H. The van der Waals surface area contributed by atoms with Crippen LogP contribution in [0.25, 0.3) is 0 Å². The molecule has 0 radical (unpaired) electrons. The van der Waals surface area contributed by atoms with Crippen LogP contribution in [0.15, 0.2) is 22.7 Å². The molecular formula is C15H21BrClN3O2. The lowest BCUT2D eigenvalue weighted by Gasteiger charge is -2.10. The van der Waals surface area contributed by atoms with Crippen LogP contribution in [0.4, 0.5) is 5.69 Å². The quantitative estimate of drug-likeness (QED) is 0.669. The summed E-state index contributed by atoms with van der Waals surface area (Å²) in [5.74, 6) is 0.357. The monoisotopic (exact) mass is 389 g/mol. The van der Waals surface area contributed by atoms with Crippen LogP contribution in [-0.2, 0) is 9.59 Å². The topological polar surface area (TPSA) is 70.2 Å². The average Bonchev–Trinajstić information content (AvgIpc) is 3.24. The summed E-state index contributed by atoms with van der Waals surface area (Å²) in [5.41, 5.74) is 1.72. The van der Waals surface area contributed by atoms with Crippen LogP contribution in [0.3, 0.4) is 0 Å². The number of nitrogens with one attached hydrogen (secondary N) is 3. The second-order valence-corrected chi connectivity index (χ2v) is 6.27. The van der Waals surface area contributed by atoms with Crippen LogP contribution in [-0.4, -0.2) is 31.4 Å². The first kappa shape index (κ1) is 18.9. The molecule has 1 aliphatic rings. The van der Waals surface area contributed by atoms with E-state index in [1.54, 1.807) is 0 Å². The fourth-order valence-electron chi connectivity index (χ4n) is 1.91. The number of aryl methyl sites for hydroxylation is 1. The maximum atomic E-state index is 11.8. The van der Waals surface area contributed by atoms with Crippen molar-refractivity contribution >= 4 is 45.8 Å². The van der Waals surface area contributed by atoms with E-state index in [-0.39, 0.29) is 37.3 Å². The van der Waals surface area contributed by atoms with Gasteiger partial charge in [-0.2, -0.15) is 0 Å². The minimum Gasteiger partial charge on any atom is -0.346 e. The van der Waals surface area contributed by atoms with E-state index >= 15 is 0 Å². The van der Waals surface area contributed by atoms with Gasteiger partial charge < -0.3 is 16.0 Å². The minimum absolute atomic E-state index is 0. The van der Waals surface area contributed by atoms with Crippen molar-refractivity contribution in [3.05, 3.63) is 28.2 Å². The highest BCUT2D eigenvalue weighted by atomic mass is 79.9. The lowest BCUT2D eigenvalue weighted by molar-refractivity contribution is -0.123. The lowest BCUT2D eigenvalue weighted by atomic mass is 10.2. The van der Waals surface area contributed by atoms with E-state index in [1.807, 2.05) is 25.1 Å². The maximum Gasteiger partial charge on any atom is 0.243 e. The Morgan fingerprint density at radius 1 is 1.23 bits per heavy atom. The van der Waals surface area contributed by atoms with E-state index in [4.69, 9.17) is 0 Å². The van der Waals surface area contributed by atoms with Gasteiger partial charge in [0.05, 0.1) is 13.1 Å². The van der Waals surface area contributed by atoms with Crippen molar-refractivity contribution in [2.24, 2.45) is 5.92 Å². The Balaban J connectivity index is 0.00000242. The van der Waals surface area contributed by atoms with Crippen LogP contribution in [0, 0.1) is 12.8 Å². The molecule has 7 heteroatoms. The summed E-state index contributed by atoms with van der Waals surface area (Å²) in [4.78, 5) is 23.3. The Labute approximate surface area is 145 Å². The van der Waals surface area contributed by atoms with Crippen LogP contribution < -0.4 is 16.0 Å². The fraction of sp³-hybridized carbons (Fsp3) is 0.467. The van der Waals surface area contributed by atoms with Crippen LogP contribution in [0.2, 0.25) is 0 Å². The third kappa shape index (κ3) is 6.77. The lowest BCUT2D eigenvalue weighted by Crippen LogP contribution is -2.39. The largest absolute Gasteiger partial charge is 0.346 e. The molecular weight excluding hydrogens is 370 g/mol. The molecule has 1 aromatic rings. The highest BCUT2D eigenvalue weighted by Crippen LogP contribution is 2.27. The van der Waals surface area contributed by atoms with Gasteiger partial charge in [-0.1, -0.05) is 15.9 Å². The Morgan fingerprint density at radius 3 is 2.59 bits per heavy atom. The average molecular weight is 391 g/mol. The van der Waals surface area contributed by atoms with Crippen LogP contribution >= 0.6 is 28.3 Å². The minimum atomic E-state index is -0.226. The summed E-state index contributed by atoms with van der Waals surface area (Å²) < 4.78 is 0.966. The first-order chi connectivity index (χ1) is 10.0. The molecule has 0 spiro atoms. The summed E-state index contributed by atoms with van der Waals surface area (Å²) in [6.07, 6.45) is 2.51. The van der Waals surface area contributed by atoms with E-state index in [0.29, 0.717) is 0 Å². The zero-order valence-electron chi connectivity index (χ0n) is 12.4. The molecule has 22 heavy (non-hydrogen) atoms. The van der Waals surface area contributed by atoms with E-state index in [9.17, 15) is 9.59 Å². The van der Waals surface area contributed by atoms with Crippen molar-refractivity contribution < 1.29 is 9.59 Å². The van der Waals surface area contributed by atoms with Gasteiger partial charge in [-0.3, -0.25) is 9.59 Å². The summed E-state index contributed by atoms with van der Waals surface area (Å²) in [7, 11) is 0. The molecule has 0 atom stereocenters. The van der Waals surface area contributed by atoms with E-state index in [1.165, 1.54) is 12.8 Å². The summed E-state index contributed by atoms with van der Waals surface area (Å²) in [5, 5.41) is 8.47. The number of carbonyl (C=O) groups is 2. The molecule has 1 fully saturated rings. The summed E-state index contributed by atoms with van der Waals surface area (Å²) in [6, 6.07) is 5.62. The molecule has 0 unspecified atom stereocenters. The van der Waals surface area contributed by atoms with Gasteiger partial charge >= 0.3 is 0 Å². The first-order valence-electron chi connectivity index (χ1n) is 7.08. The maximum absolute atomic E-state index is 11.8. The number of rotatable bonds is 7. The van der Waals surface area contributed by atoms with Gasteiger partial charge in [0.15, 0.2) is 0 Å². The summed E-state index contributed by atoms with van der Waals surface area (Å²) >= 11 is 3.37. The van der Waals surface area contributed by atoms with Crippen molar-refractivity contribution in [3.63, 3.8) is 0 Å². The Morgan fingerprint density at radius 2 is 1.95 bits per heavy atom. The normalized spacial score (nSPS) is 13.2. The van der Waals surface area contributed by atoms with Gasteiger partial charge in [-0.25, -0.2) is 0 Å². The zero-order valence-corrected chi connectivity index (χ0v) is 14.9. The molecule has 0 aromatic heterocycles. The van der Waals surface area contributed by atoms with Gasteiger partial charge in [0.1, 0.15) is 0 Å². The molecule has 2 rings (SSSR count). The Bertz CT molecular complexity index is 536. The molecule has 0 bridgehead atoms. The molecule has 0 saturated heterocycles. The van der Waals surface area contributed by atoms with Crippen LogP contribution in [0.5, 0.6) is 0 Å². The van der Waals surface area contributed by atoms with Gasteiger partial charge in [0.2, 0.25) is 11.8 Å². The van der Waals surface area contributed by atoms with Crippen molar-refractivity contribution in [1.29, 1.82) is 0 Å². The molecule has 3 N–H and O–H groups in total. The third-order valence-electron chi connectivity index (χ3n) is 3.32. The number of carbonyl (C=O) groups excluding carboxylic acids is 2. The van der Waals surface area contributed by atoms with E-state index < -0.39 is 0 Å². The molecule has 5 nitrogen and oxygen atoms in total. The number of halogens is 2. The molecule has 1 saturated carbocycles. The van der Waals surface area contributed by atoms with Gasteiger partial charge in [-0.05, 0) is 56.0 Å². The number of hydrogen-bond acceptors (Lipinski definition) is 3. The van der Waals surface area contributed by atoms with Crippen molar-refractivity contribution in [2.75, 3.05) is 25.0 Å². The zero-order chi connectivity index (χ0) is 15.2. The number of benzene rings is 1. The van der Waals surface area contributed by atoms with Gasteiger partial charge in [0, 0.05) is 10.2 Å². The fourth-order valence-corrected chi connectivity index (χ4v) is 2.39. The molecule has 1 aliphatic carbocycles. The number of amides is 2. The summed E-state index contributed by atoms with van der Waals surface area (Å²) in [6.45, 7) is 3.05. The number of anilines is 1. The second-order valence-electron chi connectivity index (χ2n) is 5.36. The van der Waals surface area contributed by atoms with E-state index in [2.05, 4.69) is 31.9 Å². The van der Waals surface area contributed by atoms with Crippen molar-refractivity contribution in [1.82, 2.24) is 10.6 Å². The predicted molar refractivity (Wildman–Crippen MR) is 93.4 cm³/mol. The third-order valence-corrected chi connectivity index (χ3v) is 3.82. The number of hydrogen-bond donors (Lipinski definition) is 3. The Kier molecular flexibility index (Phi) is 7.85. The van der Waals surface area contributed by atoms with E-state index in [0.717, 1.165) is 28.2 Å². The molecule has 122 valence electrons. The Hall–Kier alpha value is -1.11. The highest BCUT2D eigenvalue weighted by molar-refractivity contribution is 9.10. The highest BCUT2D eigenvalue weighted by Gasteiger charge is 2.20. The smallest absolute Gasteiger partial charge is 0.243 e. The van der Waals surface area contributed by atoms with Gasteiger partial charge in [0.25, 0.3) is 0 Å². The molecule has 1 aromatic carbocycles. The predicted octanol–water partition coefficient (Wildman–Crippen LogP) is 2.23. The van der Waals surface area contributed by atoms with Crippen LogP contribution in [0.1, 0.15) is 18.4 Å². The van der Waals surface area contributed by atoms with Gasteiger partial charge in [-0.15, -0.1) is 12.4 Å².